The van der Waals surface area contributed by atoms with Crippen molar-refractivity contribution in [1.29, 1.82) is 0 Å². The van der Waals surface area contributed by atoms with E-state index in [1.807, 2.05) is 24.3 Å². The number of rotatable bonds is 7. The maximum absolute atomic E-state index is 14.1. The Hall–Kier alpha value is -4.27. The predicted octanol–water partition coefficient (Wildman–Crippen LogP) is 5.39. The largest absolute Gasteiger partial charge is 0.496 e. The number of hydrogen-bond donors (Lipinski definition) is 1. The second kappa shape index (κ2) is 11.5. The third-order valence-electron chi connectivity index (χ3n) is 7.78. The summed E-state index contributed by atoms with van der Waals surface area (Å²) < 4.78 is 17.2. The number of nitrogens with one attached hydrogen (secondary N) is 1. The second-order valence-electron chi connectivity index (χ2n) is 12.0. The van der Waals surface area contributed by atoms with Crippen molar-refractivity contribution in [3.8, 4) is 11.5 Å². The monoisotopic (exact) mass is 573 g/mol. The zero-order valence-corrected chi connectivity index (χ0v) is 25.1. The van der Waals surface area contributed by atoms with Crippen LogP contribution in [-0.2, 0) is 20.9 Å². The summed E-state index contributed by atoms with van der Waals surface area (Å²) in [5.74, 6) is 1.01. The molecular weight excluding hydrogens is 534 g/mol. The Morgan fingerprint density at radius 1 is 1.12 bits per heavy atom. The van der Waals surface area contributed by atoms with Gasteiger partial charge in [-0.05, 0) is 81.0 Å². The fourth-order valence-corrected chi connectivity index (χ4v) is 5.16. The first-order valence-electron chi connectivity index (χ1n) is 14.4. The van der Waals surface area contributed by atoms with Gasteiger partial charge < -0.3 is 24.4 Å². The van der Waals surface area contributed by atoms with Gasteiger partial charge in [0.2, 0.25) is 5.91 Å². The first-order chi connectivity index (χ1) is 20.0. The molecule has 5 rings (SSSR count). The Balaban J connectivity index is 1.43. The lowest BCUT2D eigenvalue weighted by atomic mass is 9.98. The topological polar surface area (TPSA) is 97.4 Å². The maximum atomic E-state index is 14.1. The highest BCUT2D eigenvalue weighted by molar-refractivity contribution is 6.02. The molecule has 0 spiro atoms. The molecule has 1 aliphatic carbocycles. The van der Waals surface area contributed by atoms with Crippen LogP contribution < -0.4 is 19.7 Å². The summed E-state index contributed by atoms with van der Waals surface area (Å²) in [5, 5.41) is 4.91. The van der Waals surface area contributed by atoms with Crippen LogP contribution in [0.5, 0.6) is 11.5 Å². The van der Waals surface area contributed by atoms with E-state index in [2.05, 4.69) is 29.6 Å². The number of carbonyl (C=O) groups excluding carboxylic acids is 3. The highest BCUT2D eigenvalue weighted by Gasteiger charge is 2.36. The van der Waals surface area contributed by atoms with Gasteiger partial charge in [-0.3, -0.25) is 14.5 Å². The number of ether oxygens (including phenoxy) is 3. The standard InChI is InChI=1S/C33H39N3O6/c1-20(35(5)32(39)42-33(2,3)4)30(37)34-26-19-41-29-10-8-7-9-27(29)36(31(26)38)18-25-24-15-13-22(21-11-12-21)17-23(24)14-16-28(25)40-6/h7-10,13-17,20-21,26H,11-12,18-19H2,1-6H3,(H,34,37)/t20-,26-/m0/s1. The number of carbonyl (C=O) groups is 3. The van der Waals surface area contributed by atoms with Crippen molar-refractivity contribution in [3.05, 3.63) is 65.7 Å². The Morgan fingerprint density at radius 2 is 1.86 bits per heavy atom. The van der Waals surface area contributed by atoms with E-state index in [-0.39, 0.29) is 19.1 Å². The van der Waals surface area contributed by atoms with E-state index in [0.29, 0.717) is 23.1 Å². The number of likely N-dealkylation sites (N-methyl/N-ethyl adjacent to an activating group) is 1. The maximum Gasteiger partial charge on any atom is 0.410 e. The van der Waals surface area contributed by atoms with Crippen LogP contribution in [0.2, 0.25) is 0 Å². The minimum absolute atomic E-state index is 0.0572. The molecule has 0 unspecified atom stereocenters. The van der Waals surface area contributed by atoms with Crippen molar-refractivity contribution in [2.24, 2.45) is 0 Å². The molecule has 2 aliphatic rings. The minimum Gasteiger partial charge on any atom is -0.496 e. The van der Waals surface area contributed by atoms with Crippen LogP contribution in [-0.4, -0.2) is 61.3 Å². The Kier molecular flexibility index (Phi) is 8.03. The fourth-order valence-electron chi connectivity index (χ4n) is 5.16. The number of benzene rings is 3. The molecule has 9 heteroatoms. The molecule has 42 heavy (non-hydrogen) atoms. The molecular formula is C33H39N3O6. The predicted molar refractivity (Wildman–Crippen MR) is 161 cm³/mol. The van der Waals surface area contributed by atoms with Gasteiger partial charge in [-0.1, -0.05) is 36.4 Å². The highest BCUT2D eigenvalue weighted by Crippen LogP contribution is 2.42. The van der Waals surface area contributed by atoms with Crippen molar-refractivity contribution < 1.29 is 28.6 Å². The summed E-state index contributed by atoms with van der Waals surface area (Å²) in [6.07, 6.45) is 1.80. The molecule has 0 radical (unpaired) electrons. The SMILES string of the molecule is COc1ccc2cc(C3CC3)ccc2c1CN1C(=O)[C@@H](NC(=O)[C@H](C)N(C)C(=O)OC(C)(C)C)COc2ccccc21. The summed E-state index contributed by atoms with van der Waals surface area (Å²) in [5.41, 5.74) is 2.09. The molecule has 3 aromatic rings. The number of anilines is 1. The van der Waals surface area contributed by atoms with Crippen LogP contribution in [0.1, 0.15) is 57.6 Å². The summed E-state index contributed by atoms with van der Waals surface area (Å²) in [4.78, 5) is 42.8. The minimum atomic E-state index is -0.984. The van der Waals surface area contributed by atoms with Gasteiger partial charge in [0, 0.05) is 12.6 Å². The number of methoxy groups -OCH3 is 1. The van der Waals surface area contributed by atoms with Gasteiger partial charge in [0.25, 0.3) is 5.91 Å². The van der Waals surface area contributed by atoms with Gasteiger partial charge in [-0.25, -0.2) is 4.79 Å². The van der Waals surface area contributed by atoms with E-state index in [9.17, 15) is 14.4 Å². The smallest absolute Gasteiger partial charge is 0.410 e. The van der Waals surface area contributed by atoms with Crippen molar-refractivity contribution in [1.82, 2.24) is 10.2 Å². The van der Waals surface area contributed by atoms with Gasteiger partial charge in [0.15, 0.2) is 0 Å². The quantitative estimate of drug-likeness (QED) is 0.407. The molecule has 222 valence electrons. The van der Waals surface area contributed by atoms with Gasteiger partial charge in [0.05, 0.1) is 19.3 Å². The fraction of sp³-hybridized carbons (Fsp3) is 0.424. The molecule has 1 saturated carbocycles. The molecule has 1 fully saturated rings. The van der Waals surface area contributed by atoms with E-state index < -0.39 is 29.7 Å². The van der Waals surface area contributed by atoms with E-state index in [0.717, 1.165) is 16.3 Å². The van der Waals surface area contributed by atoms with E-state index in [4.69, 9.17) is 14.2 Å². The lowest BCUT2D eigenvalue weighted by Crippen LogP contribution is -2.55. The molecule has 3 amide bonds. The highest BCUT2D eigenvalue weighted by atomic mass is 16.6. The Morgan fingerprint density at radius 3 is 2.55 bits per heavy atom. The lowest BCUT2D eigenvalue weighted by molar-refractivity contribution is -0.130. The first-order valence-corrected chi connectivity index (χ1v) is 14.4. The van der Waals surface area contributed by atoms with E-state index in [1.165, 1.54) is 30.4 Å². The summed E-state index contributed by atoms with van der Waals surface area (Å²) in [6.45, 7) is 7.02. The molecule has 9 nitrogen and oxygen atoms in total. The summed E-state index contributed by atoms with van der Waals surface area (Å²) >= 11 is 0. The number of amides is 3. The molecule has 1 aliphatic heterocycles. The van der Waals surface area contributed by atoms with Crippen LogP contribution in [0.25, 0.3) is 10.8 Å². The van der Waals surface area contributed by atoms with Crippen LogP contribution in [0, 0.1) is 0 Å². The van der Waals surface area contributed by atoms with Crippen molar-refractivity contribution >= 4 is 34.4 Å². The van der Waals surface area contributed by atoms with E-state index >= 15 is 0 Å². The molecule has 0 aromatic heterocycles. The van der Waals surface area contributed by atoms with Crippen molar-refractivity contribution in [2.45, 2.75) is 70.7 Å². The van der Waals surface area contributed by atoms with Gasteiger partial charge in [-0.15, -0.1) is 0 Å². The number of fused-ring (bicyclic) bond motifs is 2. The lowest BCUT2D eigenvalue weighted by Gasteiger charge is -2.30. The number of hydrogen-bond acceptors (Lipinski definition) is 6. The molecule has 0 saturated heterocycles. The van der Waals surface area contributed by atoms with Crippen LogP contribution in [0.4, 0.5) is 10.5 Å². The van der Waals surface area contributed by atoms with Gasteiger partial charge >= 0.3 is 6.09 Å². The number of para-hydroxylation sites is 2. The first kappa shape index (κ1) is 29.2. The molecule has 2 atom stereocenters. The molecule has 3 aromatic carbocycles. The van der Waals surface area contributed by atoms with Crippen molar-refractivity contribution in [3.63, 3.8) is 0 Å². The third-order valence-corrected chi connectivity index (χ3v) is 7.78. The third kappa shape index (κ3) is 6.15. The summed E-state index contributed by atoms with van der Waals surface area (Å²) in [6, 6.07) is 15.9. The van der Waals surface area contributed by atoms with E-state index in [1.54, 1.807) is 45.8 Å². The zero-order valence-electron chi connectivity index (χ0n) is 25.1. The average molecular weight is 574 g/mol. The summed E-state index contributed by atoms with van der Waals surface area (Å²) in [7, 11) is 3.11. The van der Waals surface area contributed by atoms with Gasteiger partial charge in [-0.2, -0.15) is 0 Å². The normalized spacial score (nSPS) is 17.5. The number of nitrogens with zero attached hydrogens (tertiary/aromatic N) is 2. The Bertz CT molecular complexity index is 1510. The van der Waals surface area contributed by atoms with Crippen LogP contribution >= 0.6 is 0 Å². The van der Waals surface area contributed by atoms with Crippen LogP contribution in [0.3, 0.4) is 0 Å². The van der Waals surface area contributed by atoms with Crippen LogP contribution in [0.15, 0.2) is 54.6 Å². The van der Waals surface area contributed by atoms with Crippen molar-refractivity contribution in [2.75, 3.05) is 25.7 Å². The zero-order chi connectivity index (χ0) is 30.2. The average Bonchev–Trinajstić information content (AvgIpc) is 3.82. The van der Waals surface area contributed by atoms with Gasteiger partial charge in [0.1, 0.15) is 35.8 Å². The second-order valence-corrected chi connectivity index (χ2v) is 12.0. The molecule has 0 bridgehead atoms. The molecule has 1 N–H and O–H groups in total. The molecule has 1 heterocycles. The Labute approximate surface area is 246 Å².